The fraction of sp³-hybridized carbons (Fsp3) is 0.435. The standard InChI is InChI=1S/C23H30N2O2/c26-18-6-14-24-23(27)13-17-25-15-11-20(12-16-25)22-10-5-4-9-21(22)19-7-2-1-3-8-19/h1-5,7-10,20,26H,6,11-18H2,(H,24,27). The zero-order valence-corrected chi connectivity index (χ0v) is 15.9. The first kappa shape index (κ1) is 19.6. The summed E-state index contributed by atoms with van der Waals surface area (Å²) >= 11 is 0. The second kappa shape index (κ2) is 10.2. The number of piperidine rings is 1. The number of amides is 1. The highest BCUT2D eigenvalue weighted by molar-refractivity contribution is 5.76. The van der Waals surface area contributed by atoms with Crippen molar-refractivity contribution in [3.05, 3.63) is 60.2 Å². The predicted octanol–water partition coefficient (Wildman–Crippen LogP) is 3.42. The van der Waals surface area contributed by atoms with Crippen molar-refractivity contribution in [2.75, 3.05) is 32.8 Å². The smallest absolute Gasteiger partial charge is 0.221 e. The van der Waals surface area contributed by atoms with E-state index in [2.05, 4.69) is 64.8 Å². The Bertz CT molecular complexity index is 709. The number of carbonyl (C=O) groups excluding carboxylic acids is 1. The maximum atomic E-state index is 11.8. The van der Waals surface area contributed by atoms with Crippen molar-refractivity contribution in [3.8, 4) is 11.1 Å². The van der Waals surface area contributed by atoms with Crippen LogP contribution in [0, 0.1) is 0 Å². The van der Waals surface area contributed by atoms with Crippen LogP contribution in [0.2, 0.25) is 0 Å². The van der Waals surface area contributed by atoms with E-state index >= 15 is 0 Å². The van der Waals surface area contributed by atoms with Gasteiger partial charge in [0.05, 0.1) is 0 Å². The monoisotopic (exact) mass is 366 g/mol. The third-order valence-electron chi connectivity index (χ3n) is 5.39. The van der Waals surface area contributed by atoms with Crippen LogP contribution < -0.4 is 5.32 Å². The van der Waals surface area contributed by atoms with Gasteiger partial charge in [-0.15, -0.1) is 0 Å². The van der Waals surface area contributed by atoms with Crippen LogP contribution in [0.1, 0.15) is 37.2 Å². The molecular weight excluding hydrogens is 336 g/mol. The molecule has 0 atom stereocenters. The van der Waals surface area contributed by atoms with E-state index in [1.165, 1.54) is 16.7 Å². The van der Waals surface area contributed by atoms with Gasteiger partial charge >= 0.3 is 0 Å². The Morgan fingerprint density at radius 3 is 2.48 bits per heavy atom. The number of aliphatic hydroxyl groups excluding tert-OH is 1. The van der Waals surface area contributed by atoms with E-state index in [-0.39, 0.29) is 12.5 Å². The molecule has 27 heavy (non-hydrogen) atoms. The molecule has 1 saturated heterocycles. The molecule has 144 valence electrons. The van der Waals surface area contributed by atoms with Crippen molar-refractivity contribution in [1.82, 2.24) is 10.2 Å². The summed E-state index contributed by atoms with van der Waals surface area (Å²) in [6, 6.07) is 19.4. The molecule has 4 nitrogen and oxygen atoms in total. The highest BCUT2D eigenvalue weighted by Gasteiger charge is 2.22. The van der Waals surface area contributed by atoms with Crippen LogP contribution in [0.5, 0.6) is 0 Å². The highest BCUT2D eigenvalue weighted by atomic mass is 16.3. The third kappa shape index (κ3) is 5.65. The summed E-state index contributed by atoms with van der Waals surface area (Å²) in [6.07, 6.45) is 3.43. The van der Waals surface area contributed by atoms with Gasteiger partial charge in [-0.1, -0.05) is 54.6 Å². The lowest BCUT2D eigenvalue weighted by atomic mass is 9.84. The number of rotatable bonds is 8. The second-order valence-corrected chi connectivity index (χ2v) is 7.25. The maximum absolute atomic E-state index is 11.8. The van der Waals surface area contributed by atoms with Gasteiger partial charge < -0.3 is 15.3 Å². The van der Waals surface area contributed by atoms with Gasteiger partial charge in [-0.3, -0.25) is 4.79 Å². The topological polar surface area (TPSA) is 52.6 Å². The van der Waals surface area contributed by atoms with Crippen LogP contribution >= 0.6 is 0 Å². The minimum atomic E-state index is 0.0833. The molecule has 0 radical (unpaired) electrons. The largest absolute Gasteiger partial charge is 0.396 e. The van der Waals surface area contributed by atoms with Crippen LogP contribution in [0.3, 0.4) is 0 Å². The SMILES string of the molecule is O=C(CCN1CCC(c2ccccc2-c2ccccc2)CC1)NCCCO. The maximum Gasteiger partial charge on any atom is 0.221 e. The molecule has 1 aliphatic rings. The van der Waals surface area contributed by atoms with E-state index < -0.39 is 0 Å². The van der Waals surface area contributed by atoms with Crippen molar-refractivity contribution in [2.45, 2.75) is 31.6 Å². The molecule has 0 aliphatic carbocycles. The number of likely N-dealkylation sites (tertiary alicyclic amines) is 1. The van der Waals surface area contributed by atoms with Gasteiger partial charge in [-0.05, 0) is 55.0 Å². The van der Waals surface area contributed by atoms with E-state index in [1.54, 1.807) is 0 Å². The van der Waals surface area contributed by atoms with E-state index in [1.807, 2.05) is 0 Å². The van der Waals surface area contributed by atoms with Gasteiger partial charge in [0.1, 0.15) is 0 Å². The van der Waals surface area contributed by atoms with Crippen molar-refractivity contribution >= 4 is 5.91 Å². The lowest BCUT2D eigenvalue weighted by molar-refractivity contribution is -0.121. The third-order valence-corrected chi connectivity index (χ3v) is 5.39. The number of nitrogens with zero attached hydrogens (tertiary/aromatic N) is 1. The predicted molar refractivity (Wildman–Crippen MR) is 110 cm³/mol. The Morgan fingerprint density at radius 1 is 1.04 bits per heavy atom. The molecule has 1 amide bonds. The van der Waals surface area contributed by atoms with Gasteiger partial charge in [0.25, 0.3) is 0 Å². The molecule has 2 aromatic carbocycles. The zero-order chi connectivity index (χ0) is 18.9. The molecular formula is C23H30N2O2. The molecule has 0 bridgehead atoms. The molecule has 2 N–H and O–H groups in total. The Labute approximate surface area is 162 Å². The fourth-order valence-electron chi connectivity index (χ4n) is 3.86. The highest BCUT2D eigenvalue weighted by Crippen LogP contribution is 2.35. The first-order valence-corrected chi connectivity index (χ1v) is 10.0. The Morgan fingerprint density at radius 2 is 1.74 bits per heavy atom. The number of hydrogen-bond donors (Lipinski definition) is 2. The Balaban J connectivity index is 1.52. The Kier molecular flexibility index (Phi) is 7.43. The molecule has 0 saturated carbocycles. The van der Waals surface area contributed by atoms with Gasteiger partial charge in [-0.25, -0.2) is 0 Å². The molecule has 1 aliphatic heterocycles. The Hall–Kier alpha value is -2.17. The van der Waals surface area contributed by atoms with E-state index in [9.17, 15) is 4.79 Å². The molecule has 1 heterocycles. The molecule has 1 fully saturated rings. The minimum absolute atomic E-state index is 0.0833. The van der Waals surface area contributed by atoms with Crippen molar-refractivity contribution in [2.24, 2.45) is 0 Å². The van der Waals surface area contributed by atoms with Gasteiger partial charge in [0, 0.05) is 26.1 Å². The number of hydrogen-bond acceptors (Lipinski definition) is 3. The zero-order valence-electron chi connectivity index (χ0n) is 15.9. The minimum Gasteiger partial charge on any atom is -0.396 e. The van der Waals surface area contributed by atoms with Crippen LogP contribution in [0.15, 0.2) is 54.6 Å². The molecule has 4 heteroatoms. The number of carbonyl (C=O) groups is 1. The average Bonchev–Trinajstić information content (AvgIpc) is 2.73. The molecule has 0 unspecified atom stereocenters. The average molecular weight is 367 g/mol. The van der Waals surface area contributed by atoms with Gasteiger partial charge in [0.15, 0.2) is 0 Å². The van der Waals surface area contributed by atoms with E-state index in [0.29, 0.717) is 25.3 Å². The lowest BCUT2D eigenvalue weighted by Crippen LogP contribution is -2.36. The number of aliphatic hydroxyl groups is 1. The summed E-state index contributed by atoms with van der Waals surface area (Å²) in [4.78, 5) is 14.2. The number of nitrogens with one attached hydrogen (secondary N) is 1. The fourth-order valence-corrected chi connectivity index (χ4v) is 3.86. The summed E-state index contributed by atoms with van der Waals surface area (Å²) in [6.45, 7) is 3.58. The van der Waals surface area contributed by atoms with Crippen LogP contribution in [0.4, 0.5) is 0 Å². The summed E-state index contributed by atoms with van der Waals surface area (Å²) in [5.41, 5.74) is 4.08. The van der Waals surface area contributed by atoms with Gasteiger partial charge in [-0.2, -0.15) is 0 Å². The number of benzene rings is 2. The molecule has 3 rings (SSSR count). The normalized spacial score (nSPS) is 15.6. The first-order valence-electron chi connectivity index (χ1n) is 10.0. The second-order valence-electron chi connectivity index (χ2n) is 7.25. The molecule has 0 spiro atoms. The summed E-state index contributed by atoms with van der Waals surface area (Å²) < 4.78 is 0. The van der Waals surface area contributed by atoms with E-state index in [4.69, 9.17) is 5.11 Å². The van der Waals surface area contributed by atoms with Crippen LogP contribution in [-0.4, -0.2) is 48.7 Å². The summed E-state index contributed by atoms with van der Waals surface area (Å²) in [5.74, 6) is 0.663. The molecule has 0 aromatic heterocycles. The first-order chi connectivity index (χ1) is 13.3. The summed E-state index contributed by atoms with van der Waals surface area (Å²) in [7, 11) is 0. The lowest BCUT2D eigenvalue weighted by Gasteiger charge is -2.33. The van der Waals surface area contributed by atoms with Crippen molar-refractivity contribution < 1.29 is 9.90 Å². The summed E-state index contributed by atoms with van der Waals surface area (Å²) in [5, 5.41) is 11.6. The van der Waals surface area contributed by atoms with Gasteiger partial charge in [0.2, 0.25) is 5.91 Å². The quantitative estimate of drug-likeness (QED) is 0.704. The van der Waals surface area contributed by atoms with E-state index in [0.717, 1.165) is 32.5 Å². The van der Waals surface area contributed by atoms with Crippen LogP contribution in [0.25, 0.3) is 11.1 Å². The van der Waals surface area contributed by atoms with Crippen LogP contribution in [-0.2, 0) is 4.79 Å². The molecule has 2 aromatic rings. The van der Waals surface area contributed by atoms with Crippen molar-refractivity contribution in [1.29, 1.82) is 0 Å². The van der Waals surface area contributed by atoms with Crippen molar-refractivity contribution in [3.63, 3.8) is 0 Å².